The van der Waals surface area contributed by atoms with E-state index >= 15 is 0 Å². The van der Waals surface area contributed by atoms with Gasteiger partial charge in [-0.05, 0) is 41.3 Å². The summed E-state index contributed by atoms with van der Waals surface area (Å²) in [7, 11) is 2.77. The third kappa shape index (κ3) is 13.3. The largest absolute Gasteiger partial charge is 0.469 e. The van der Waals surface area contributed by atoms with Crippen LogP contribution in [0.1, 0.15) is 65.5 Å². The van der Waals surface area contributed by atoms with E-state index in [-0.39, 0.29) is 37.7 Å². The van der Waals surface area contributed by atoms with Crippen molar-refractivity contribution in [3.05, 3.63) is 68.6 Å². The highest BCUT2D eigenvalue weighted by molar-refractivity contribution is 9.10. The molecule has 0 saturated carbocycles. The second-order valence-electron chi connectivity index (χ2n) is 6.18. The number of esters is 2. The van der Waals surface area contributed by atoms with E-state index in [4.69, 9.17) is 7.10 Å². The Labute approximate surface area is 205 Å². The predicted octanol–water partition coefficient (Wildman–Crippen LogP) is 6.79. The first-order chi connectivity index (χ1) is 14.7. The van der Waals surface area contributed by atoms with Crippen LogP contribution in [0, 0.1) is 0 Å². The molecule has 0 unspecified atom stereocenters. The molecule has 0 aromatic heterocycles. The molecular formula is C24H35Br2NO4. The molecule has 174 valence electrons. The molecule has 2 atom stereocenters. The summed E-state index contributed by atoms with van der Waals surface area (Å²) in [6.45, 7) is 4.30. The molecule has 5 nitrogen and oxygen atoms in total. The number of benzene rings is 2. The number of carbonyl (C=O) groups excluding carboxylic acids is 2. The highest BCUT2D eigenvalue weighted by atomic mass is 79.9. The lowest BCUT2D eigenvalue weighted by atomic mass is 9.98. The standard InChI is InChI=1S/C11H13BrO2.C10H12BrNO2.C2H6.CH4/c1-8(6-11(13)14-2)9-4-3-5-10(12)7-9;1-14-10(13)6-9(12)7-3-2-4-8(11)5-7;1-2;/h3-5,7-8H,6H2,1-2H3;2-5,9H,6,12H2,1H3;1-2H3;1H4/t8-;9-;;/m00../s1/i;;1D;. The monoisotopic (exact) mass is 560 g/mol. The molecule has 0 aliphatic carbocycles. The molecule has 7 heteroatoms. The van der Waals surface area contributed by atoms with Gasteiger partial charge in [0.05, 0.1) is 27.1 Å². The Morgan fingerprint density at radius 3 is 1.84 bits per heavy atom. The van der Waals surface area contributed by atoms with Crippen LogP contribution in [0.25, 0.3) is 0 Å². The summed E-state index contributed by atoms with van der Waals surface area (Å²) in [5.41, 5.74) is 7.88. The van der Waals surface area contributed by atoms with E-state index in [1.807, 2.05) is 55.5 Å². The Kier molecular flexibility index (Phi) is 16.9. The van der Waals surface area contributed by atoms with Crippen LogP contribution < -0.4 is 5.73 Å². The lowest BCUT2D eigenvalue weighted by Gasteiger charge is -2.10. The summed E-state index contributed by atoms with van der Waals surface area (Å²) in [6, 6.07) is 15.2. The van der Waals surface area contributed by atoms with E-state index in [0.717, 1.165) is 20.1 Å². The predicted molar refractivity (Wildman–Crippen MR) is 135 cm³/mol. The first-order valence-electron chi connectivity index (χ1n) is 10.1. The Hall–Kier alpha value is -1.70. The Morgan fingerprint density at radius 2 is 1.39 bits per heavy atom. The van der Waals surface area contributed by atoms with Crippen molar-refractivity contribution in [1.29, 1.82) is 0 Å². The fourth-order valence-corrected chi connectivity index (χ4v) is 3.22. The Morgan fingerprint density at radius 1 is 0.968 bits per heavy atom. The molecule has 2 N–H and O–H groups in total. The van der Waals surface area contributed by atoms with Gasteiger partial charge in [-0.15, -0.1) is 0 Å². The molecule has 0 radical (unpaired) electrons. The minimum Gasteiger partial charge on any atom is -0.469 e. The van der Waals surface area contributed by atoms with Crippen molar-refractivity contribution < 1.29 is 20.4 Å². The summed E-state index contributed by atoms with van der Waals surface area (Å²) >= 11 is 6.74. The van der Waals surface area contributed by atoms with Gasteiger partial charge in [-0.25, -0.2) is 0 Å². The number of methoxy groups -OCH3 is 2. The maximum atomic E-state index is 11.0. The number of ether oxygens (including phenoxy) is 2. The van der Waals surface area contributed by atoms with Gasteiger partial charge in [0.25, 0.3) is 0 Å². The van der Waals surface area contributed by atoms with Gasteiger partial charge in [-0.2, -0.15) is 0 Å². The van der Waals surface area contributed by atoms with E-state index in [0.29, 0.717) is 13.3 Å². The minimum atomic E-state index is -0.306. The number of rotatable bonds is 6. The SMILES string of the molecule is C.COC(=O)C[C@H](C)c1cccc(Br)c1.COC(=O)C[C@H](N)c1cccc(Br)c1.[2H]CC. The second kappa shape index (κ2) is 17.9. The van der Waals surface area contributed by atoms with Gasteiger partial charge in [-0.3, -0.25) is 9.59 Å². The van der Waals surface area contributed by atoms with Crippen LogP contribution in [0.15, 0.2) is 57.5 Å². The topological polar surface area (TPSA) is 78.6 Å². The molecule has 0 fully saturated rings. The maximum absolute atomic E-state index is 11.0. The normalized spacial score (nSPS) is 11.6. The number of halogens is 2. The number of nitrogens with two attached hydrogens (primary N) is 1. The van der Waals surface area contributed by atoms with Gasteiger partial charge in [0.1, 0.15) is 0 Å². The van der Waals surface area contributed by atoms with Gasteiger partial charge in [0.2, 0.25) is 0 Å². The molecule has 0 spiro atoms. The van der Waals surface area contributed by atoms with Crippen LogP contribution in [-0.2, 0) is 19.1 Å². The van der Waals surface area contributed by atoms with Gasteiger partial charge in [0, 0.05) is 16.4 Å². The molecule has 2 aromatic rings. The van der Waals surface area contributed by atoms with Gasteiger partial charge in [0.15, 0.2) is 0 Å². The van der Waals surface area contributed by atoms with E-state index in [1.54, 1.807) is 6.92 Å². The first kappa shape index (κ1) is 29.3. The summed E-state index contributed by atoms with van der Waals surface area (Å²) < 4.78 is 17.4. The minimum absolute atomic E-state index is 0. The average Bonchev–Trinajstić information content (AvgIpc) is 2.74. The van der Waals surface area contributed by atoms with Crippen molar-refractivity contribution in [3.8, 4) is 0 Å². The summed E-state index contributed by atoms with van der Waals surface area (Å²) in [6.07, 6.45) is 0.625. The lowest BCUT2D eigenvalue weighted by molar-refractivity contribution is -0.141. The lowest BCUT2D eigenvalue weighted by Crippen LogP contribution is -2.16. The van der Waals surface area contributed by atoms with Crippen LogP contribution in [0.2, 0.25) is 0 Å². The Bertz CT molecular complexity index is 740. The summed E-state index contributed by atoms with van der Waals surface area (Å²) in [5, 5.41) is 0. The van der Waals surface area contributed by atoms with Crippen molar-refractivity contribution >= 4 is 43.8 Å². The van der Waals surface area contributed by atoms with Crippen LogP contribution >= 0.6 is 31.9 Å². The highest BCUT2D eigenvalue weighted by Crippen LogP contribution is 2.22. The second-order valence-corrected chi connectivity index (χ2v) is 8.01. The molecule has 0 heterocycles. The zero-order chi connectivity index (χ0) is 23.8. The molecular weight excluding hydrogens is 526 g/mol. The van der Waals surface area contributed by atoms with E-state index in [2.05, 4.69) is 41.3 Å². The third-order valence-corrected chi connectivity index (χ3v) is 5.00. The summed E-state index contributed by atoms with van der Waals surface area (Å²) in [4.78, 5) is 22.0. The van der Waals surface area contributed by atoms with Crippen LogP contribution in [0.3, 0.4) is 0 Å². The molecule has 2 aromatic carbocycles. The van der Waals surface area contributed by atoms with Gasteiger partial charge in [-0.1, -0.05) is 84.3 Å². The molecule has 0 saturated heterocycles. The van der Waals surface area contributed by atoms with Crippen LogP contribution in [0.5, 0.6) is 0 Å². The van der Waals surface area contributed by atoms with Crippen molar-refractivity contribution in [2.45, 2.75) is 53.0 Å². The quantitative estimate of drug-likeness (QED) is 0.393. The molecule has 0 amide bonds. The number of hydrogen-bond donors (Lipinski definition) is 1. The summed E-state index contributed by atoms with van der Waals surface area (Å²) in [5.74, 6) is -0.269. The van der Waals surface area contributed by atoms with Crippen molar-refractivity contribution in [2.75, 3.05) is 14.2 Å². The molecule has 2 rings (SSSR count). The Balaban J connectivity index is 0. The average molecular weight is 562 g/mol. The van der Waals surface area contributed by atoms with E-state index in [1.165, 1.54) is 14.2 Å². The zero-order valence-corrected chi connectivity index (χ0v) is 21.0. The first-order valence-corrected chi connectivity index (χ1v) is 11.0. The highest BCUT2D eigenvalue weighted by Gasteiger charge is 2.12. The zero-order valence-electron chi connectivity index (χ0n) is 18.9. The molecule has 0 aliphatic rings. The third-order valence-electron chi connectivity index (χ3n) is 4.01. The van der Waals surface area contributed by atoms with Crippen LogP contribution in [0.4, 0.5) is 0 Å². The molecule has 31 heavy (non-hydrogen) atoms. The van der Waals surface area contributed by atoms with Crippen molar-refractivity contribution in [2.24, 2.45) is 5.73 Å². The van der Waals surface area contributed by atoms with E-state index in [9.17, 15) is 9.59 Å². The molecule has 0 bridgehead atoms. The fraction of sp³-hybridized carbons (Fsp3) is 0.417. The van der Waals surface area contributed by atoms with Gasteiger partial charge >= 0.3 is 11.9 Å². The van der Waals surface area contributed by atoms with Gasteiger partial charge < -0.3 is 15.2 Å². The number of hydrogen-bond acceptors (Lipinski definition) is 5. The van der Waals surface area contributed by atoms with Crippen molar-refractivity contribution in [3.63, 3.8) is 0 Å². The van der Waals surface area contributed by atoms with Crippen molar-refractivity contribution in [1.82, 2.24) is 0 Å². The maximum Gasteiger partial charge on any atom is 0.307 e. The number of carbonyl (C=O) groups is 2. The van der Waals surface area contributed by atoms with Crippen LogP contribution in [-0.4, -0.2) is 26.2 Å². The fourth-order valence-electron chi connectivity index (χ4n) is 2.38. The smallest absolute Gasteiger partial charge is 0.307 e. The molecule has 0 aliphatic heterocycles. The van der Waals surface area contributed by atoms with E-state index < -0.39 is 0 Å².